The number of methoxy groups -OCH3 is 2. The van der Waals surface area contributed by atoms with Crippen molar-refractivity contribution in [2.24, 2.45) is 0 Å². The zero-order valence-corrected chi connectivity index (χ0v) is 20.9. The summed E-state index contributed by atoms with van der Waals surface area (Å²) in [6, 6.07) is 13.4. The van der Waals surface area contributed by atoms with Crippen molar-refractivity contribution in [1.29, 1.82) is 0 Å². The number of ether oxygens (including phenoxy) is 2. The third-order valence-electron chi connectivity index (χ3n) is 5.88. The number of aromatic nitrogens is 4. The lowest BCUT2D eigenvalue weighted by Crippen LogP contribution is -2.37. The molecule has 1 unspecified atom stereocenters. The van der Waals surface area contributed by atoms with Crippen LogP contribution in [0, 0.1) is 0 Å². The minimum atomic E-state index is -4.44. The van der Waals surface area contributed by atoms with E-state index < -0.39 is 12.2 Å². The van der Waals surface area contributed by atoms with Crippen molar-refractivity contribution in [2.75, 3.05) is 24.4 Å². The number of nitrogens with one attached hydrogen (secondary N) is 1. The Morgan fingerprint density at radius 1 is 0.946 bits per heavy atom. The summed E-state index contributed by atoms with van der Waals surface area (Å²) < 4.78 is 52.9. The highest BCUT2D eigenvalue weighted by atomic mass is 19.4. The molecule has 2 aromatic heterocycles. The summed E-state index contributed by atoms with van der Waals surface area (Å²) in [7, 11) is 3.20. The van der Waals surface area contributed by atoms with Crippen molar-refractivity contribution >= 4 is 17.4 Å². The molecule has 0 bridgehead atoms. The number of rotatable bonds is 11. The molecule has 0 aliphatic heterocycles. The Bertz CT molecular complexity index is 1240. The van der Waals surface area contributed by atoms with E-state index in [2.05, 4.69) is 20.4 Å². The lowest BCUT2D eigenvalue weighted by Gasteiger charge is -2.26. The Hall–Kier alpha value is -4.02. The van der Waals surface area contributed by atoms with Crippen LogP contribution in [0.1, 0.15) is 30.9 Å². The smallest absolute Gasteiger partial charge is 0.408 e. The maximum Gasteiger partial charge on any atom is 0.408 e. The first kappa shape index (κ1) is 26.1. The molecule has 2 heterocycles. The zero-order valence-electron chi connectivity index (χ0n) is 20.9. The van der Waals surface area contributed by atoms with E-state index in [0.29, 0.717) is 31.0 Å². The van der Waals surface area contributed by atoms with Crippen molar-refractivity contribution in [3.8, 4) is 11.5 Å². The predicted molar refractivity (Wildman–Crippen MR) is 135 cm³/mol. The maximum absolute atomic E-state index is 13.6. The molecule has 0 saturated heterocycles. The Labute approximate surface area is 213 Å². The molecule has 196 valence electrons. The molecule has 0 saturated carbocycles. The lowest BCUT2D eigenvalue weighted by atomic mass is 10.1. The van der Waals surface area contributed by atoms with Crippen molar-refractivity contribution < 1.29 is 22.6 Å². The molecule has 37 heavy (non-hydrogen) atoms. The number of anilines is 2. The van der Waals surface area contributed by atoms with Crippen LogP contribution in [0.4, 0.5) is 24.9 Å². The van der Waals surface area contributed by atoms with Crippen LogP contribution >= 0.6 is 0 Å². The predicted octanol–water partition coefficient (Wildman–Crippen LogP) is 5.49. The molecule has 0 aliphatic carbocycles. The number of alkyl halides is 3. The number of benzene rings is 2. The van der Waals surface area contributed by atoms with Crippen molar-refractivity contribution in [1.82, 2.24) is 19.6 Å². The standard InChI is InChI=1S/C26H29F3N6O2/c1-4-5-22(26(27,28)29)31-25-32-24(23-30-14-15-35(23)33-25)34(16-18-6-10-20(36-2)11-7-18)17-19-8-12-21(37-3)13-9-19/h6-15,22H,4-5,16-17H2,1-3H3,(H,31,33). The van der Waals surface area contributed by atoms with E-state index >= 15 is 0 Å². The van der Waals surface area contributed by atoms with Gasteiger partial charge in [0.1, 0.15) is 17.5 Å². The van der Waals surface area contributed by atoms with Gasteiger partial charge in [-0.25, -0.2) is 9.50 Å². The largest absolute Gasteiger partial charge is 0.497 e. The fraction of sp³-hybridized carbons (Fsp3) is 0.346. The second-order valence-electron chi connectivity index (χ2n) is 8.53. The average molecular weight is 515 g/mol. The van der Waals surface area contributed by atoms with E-state index in [-0.39, 0.29) is 12.4 Å². The SMILES string of the molecule is CCCC(Nc1nc(N(Cc2ccc(OC)cc2)Cc2ccc(OC)cc2)c2nccn2n1)C(F)(F)F. The van der Waals surface area contributed by atoms with E-state index in [1.807, 2.05) is 53.4 Å². The van der Waals surface area contributed by atoms with Crippen molar-refractivity contribution in [3.05, 3.63) is 72.1 Å². The average Bonchev–Trinajstić information content (AvgIpc) is 3.37. The van der Waals surface area contributed by atoms with Crippen LogP contribution in [0.5, 0.6) is 11.5 Å². The Morgan fingerprint density at radius 3 is 2.00 bits per heavy atom. The number of halogens is 3. The van der Waals surface area contributed by atoms with Gasteiger partial charge in [-0.3, -0.25) is 0 Å². The fourth-order valence-corrected chi connectivity index (χ4v) is 3.96. The van der Waals surface area contributed by atoms with Crippen LogP contribution in [0.15, 0.2) is 60.9 Å². The van der Waals surface area contributed by atoms with Gasteiger partial charge in [-0.05, 0) is 41.8 Å². The summed E-state index contributed by atoms with van der Waals surface area (Å²) in [4.78, 5) is 10.9. The zero-order chi connectivity index (χ0) is 26.4. The molecule has 0 radical (unpaired) electrons. The van der Waals surface area contributed by atoms with Gasteiger partial charge in [0, 0.05) is 25.5 Å². The lowest BCUT2D eigenvalue weighted by molar-refractivity contribution is -0.143. The van der Waals surface area contributed by atoms with Crippen LogP contribution in [-0.2, 0) is 13.1 Å². The summed E-state index contributed by atoms with van der Waals surface area (Å²) in [6.45, 7) is 2.55. The van der Waals surface area contributed by atoms with Crippen LogP contribution in [-0.4, -0.2) is 46.0 Å². The van der Waals surface area contributed by atoms with Crippen LogP contribution in [0.3, 0.4) is 0 Å². The van der Waals surface area contributed by atoms with Gasteiger partial charge >= 0.3 is 6.18 Å². The van der Waals surface area contributed by atoms with E-state index in [1.54, 1.807) is 33.5 Å². The molecular formula is C26H29F3N6O2. The monoisotopic (exact) mass is 514 g/mol. The van der Waals surface area contributed by atoms with E-state index in [1.165, 1.54) is 4.52 Å². The van der Waals surface area contributed by atoms with Gasteiger partial charge in [-0.15, -0.1) is 5.10 Å². The molecule has 1 atom stereocenters. The quantitative estimate of drug-likeness (QED) is 0.284. The van der Waals surface area contributed by atoms with Crippen LogP contribution in [0.2, 0.25) is 0 Å². The second kappa shape index (κ2) is 11.4. The van der Waals surface area contributed by atoms with Gasteiger partial charge in [0.25, 0.3) is 0 Å². The van der Waals surface area contributed by atoms with Crippen LogP contribution < -0.4 is 19.7 Å². The molecule has 4 rings (SSSR count). The van der Waals surface area contributed by atoms with E-state index in [9.17, 15) is 13.2 Å². The normalized spacial score (nSPS) is 12.4. The van der Waals surface area contributed by atoms with Crippen molar-refractivity contribution in [2.45, 2.75) is 45.1 Å². The first-order valence-electron chi connectivity index (χ1n) is 11.9. The third-order valence-corrected chi connectivity index (χ3v) is 5.88. The second-order valence-corrected chi connectivity index (χ2v) is 8.53. The van der Waals surface area contributed by atoms with Gasteiger partial charge in [-0.1, -0.05) is 37.6 Å². The Kier molecular flexibility index (Phi) is 8.00. The molecule has 8 nitrogen and oxygen atoms in total. The van der Waals surface area contributed by atoms with Gasteiger partial charge in [-0.2, -0.15) is 18.2 Å². The van der Waals surface area contributed by atoms with Gasteiger partial charge in [0.05, 0.1) is 14.2 Å². The summed E-state index contributed by atoms with van der Waals surface area (Å²) in [5, 5.41) is 6.74. The molecule has 0 amide bonds. The summed E-state index contributed by atoms with van der Waals surface area (Å²) >= 11 is 0. The first-order chi connectivity index (χ1) is 17.8. The molecule has 4 aromatic rings. The molecule has 11 heteroatoms. The highest BCUT2D eigenvalue weighted by molar-refractivity contribution is 5.65. The molecule has 2 aromatic carbocycles. The number of hydrogen-bond donors (Lipinski definition) is 1. The number of imidazole rings is 1. The molecular weight excluding hydrogens is 485 g/mol. The van der Waals surface area contributed by atoms with E-state index in [0.717, 1.165) is 22.6 Å². The maximum atomic E-state index is 13.6. The molecule has 0 spiro atoms. The summed E-state index contributed by atoms with van der Waals surface area (Å²) in [6.07, 6.45) is -1.03. The topological polar surface area (TPSA) is 76.8 Å². The van der Waals surface area contributed by atoms with Crippen molar-refractivity contribution in [3.63, 3.8) is 0 Å². The summed E-state index contributed by atoms with van der Waals surface area (Å²) in [5.74, 6) is 1.74. The molecule has 1 N–H and O–H groups in total. The number of hydrogen-bond acceptors (Lipinski definition) is 7. The van der Waals surface area contributed by atoms with Crippen LogP contribution in [0.25, 0.3) is 5.65 Å². The summed E-state index contributed by atoms with van der Waals surface area (Å²) in [5.41, 5.74) is 2.37. The van der Waals surface area contributed by atoms with Gasteiger partial charge < -0.3 is 19.7 Å². The minimum absolute atomic E-state index is 0.0917. The molecule has 0 aliphatic rings. The first-order valence-corrected chi connectivity index (χ1v) is 11.9. The van der Waals surface area contributed by atoms with E-state index in [4.69, 9.17) is 9.47 Å². The highest BCUT2D eigenvalue weighted by Crippen LogP contribution is 2.28. The number of nitrogens with zero attached hydrogens (tertiary/aromatic N) is 5. The minimum Gasteiger partial charge on any atom is -0.497 e. The Balaban J connectivity index is 1.74. The Morgan fingerprint density at radius 2 is 1.51 bits per heavy atom. The molecule has 0 fully saturated rings. The third kappa shape index (κ3) is 6.41. The fourth-order valence-electron chi connectivity index (χ4n) is 3.96. The highest BCUT2D eigenvalue weighted by Gasteiger charge is 2.39. The number of fused-ring (bicyclic) bond motifs is 1. The van der Waals surface area contributed by atoms with Gasteiger partial charge in [0.15, 0.2) is 11.5 Å². The van der Waals surface area contributed by atoms with Gasteiger partial charge in [0.2, 0.25) is 5.95 Å².